The molecule has 0 aliphatic carbocycles. The Balaban J connectivity index is 1.98. The molecule has 1 aromatic heterocycles. The molecular weight excluding hydrogens is 432 g/mol. The summed E-state index contributed by atoms with van der Waals surface area (Å²) in [6.07, 6.45) is 3.43. The van der Waals surface area contributed by atoms with Crippen LogP contribution in [0, 0.1) is 0 Å². The number of aromatic hydroxyl groups is 1. The molecule has 29 heavy (non-hydrogen) atoms. The van der Waals surface area contributed by atoms with Crippen LogP contribution >= 0.6 is 15.9 Å². The van der Waals surface area contributed by atoms with Crippen LogP contribution in [0.1, 0.15) is 11.4 Å². The van der Waals surface area contributed by atoms with E-state index in [9.17, 15) is 9.90 Å². The van der Waals surface area contributed by atoms with Crippen LogP contribution in [0.4, 0.5) is 0 Å². The molecule has 5 nitrogen and oxygen atoms in total. The smallest absolute Gasteiger partial charge is 0.266 e. The first-order valence-electron chi connectivity index (χ1n) is 8.90. The molecule has 0 atom stereocenters. The first-order valence-corrected chi connectivity index (χ1v) is 9.69. The van der Waals surface area contributed by atoms with E-state index in [0.717, 1.165) is 4.47 Å². The Morgan fingerprint density at radius 1 is 1.03 bits per heavy atom. The van der Waals surface area contributed by atoms with Gasteiger partial charge in [0.1, 0.15) is 17.3 Å². The van der Waals surface area contributed by atoms with Crippen molar-refractivity contribution in [1.29, 1.82) is 0 Å². The first-order chi connectivity index (χ1) is 14.1. The Morgan fingerprint density at radius 2 is 1.79 bits per heavy atom. The maximum absolute atomic E-state index is 13.3. The number of aromatic nitrogens is 2. The highest BCUT2D eigenvalue weighted by Gasteiger charge is 2.14. The van der Waals surface area contributed by atoms with Crippen molar-refractivity contribution in [3.63, 3.8) is 0 Å². The minimum absolute atomic E-state index is 0.136. The molecule has 0 saturated heterocycles. The summed E-state index contributed by atoms with van der Waals surface area (Å²) in [6, 6.07) is 19.7. The number of halogens is 1. The number of hydrogen-bond donors (Lipinski definition) is 1. The molecule has 0 aliphatic rings. The van der Waals surface area contributed by atoms with Gasteiger partial charge < -0.3 is 9.84 Å². The average molecular weight is 449 g/mol. The summed E-state index contributed by atoms with van der Waals surface area (Å²) in [7, 11) is 1.56. The zero-order chi connectivity index (χ0) is 20.4. The number of hydrogen-bond acceptors (Lipinski definition) is 4. The van der Waals surface area contributed by atoms with Crippen LogP contribution in [0.2, 0.25) is 0 Å². The third-order valence-electron chi connectivity index (χ3n) is 4.53. The van der Waals surface area contributed by atoms with Crippen molar-refractivity contribution >= 4 is 39.0 Å². The van der Waals surface area contributed by atoms with E-state index < -0.39 is 0 Å². The second kappa shape index (κ2) is 7.93. The van der Waals surface area contributed by atoms with Gasteiger partial charge in [-0.1, -0.05) is 40.2 Å². The molecule has 3 aromatic carbocycles. The zero-order valence-electron chi connectivity index (χ0n) is 15.5. The van der Waals surface area contributed by atoms with Crippen molar-refractivity contribution < 1.29 is 9.84 Å². The first kappa shape index (κ1) is 19.0. The summed E-state index contributed by atoms with van der Waals surface area (Å²) < 4.78 is 7.82. The zero-order valence-corrected chi connectivity index (χ0v) is 17.1. The lowest BCUT2D eigenvalue weighted by molar-refractivity contribution is 0.412. The molecule has 0 spiro atoms. The lowest BCUT2D eigenvalue weighted by Crippen LogP contribution is -2.22. The number of fused-ring (bicyclic) bond motifs is 1. The summed E-state index contributed by atoms with van der Waals surface area (Å²) in [5.41, 5.74) is 1.60. The van der Waals surface area contributed by atoms with Crippen LogP contribution in [-0.4, -0.2) is 21.8 Å². The lowest BCUT2D eigenvalue weighted by atomic mass is 10.1. The molecule has 0 aliphatic heterocycles. The summed E-state index contributed by atoms with van der Waals surface area (Å²) in [5, 5.41) is 10.6. The quantitative estimate of drug-likeness (QED) is 0.475. The summed E-state index contributed by atoms with van der Waals surface area (Å²) in [6.45, 7) is 0. The summed E-state index contributed by atoms with van der Waals surface area (Å²) in [5.74, 6) is 1.13. The average Bonchev–Trinajstić information content (AvgIpc) is 2.74. The normalized spacial score (nSPS) is 11.2. The largest absolute Gasteiger partial charge is 0.507 e. The minimum Gasteiger partial charge on any atom is -0.507 e. The molecule has 4 rings (SSSR count). The van der Waals surface area contributed by atoms with Gasteiger partial charge in [-0.25, -0.2) is 4.98 Å². The van der Waals surface area contributed by atoms with Gasteiger partial charge in [-0.3, -0.25) is 9.36 Å². The van der Waals surface area contributed by atoms with Crippen LogP contribution in [-0.2, 0) is 0 Å². The molecule has 0 bridgehead atoms. The fourth-order valence-corrected chi connectivity index (χ4v) is 3.51. The van der Waals surface area contributed by atoms with Gasteiger partial charge in [0.2, 0.25) is 0 Å². The van der Waals surface area contributed by atoms with Gasteiger partial charge in [0.25, 0.3) is 5.56 Å². The Kier molecular flexibility index (Phi) is 5.18. The SMILES string of the molecule is COc1ccccc1-n1c(/C=C/c2cc(Br)ccc2O)nc2ccccc2c1=O. The Bertz CT molecular complexity index is 1300. The van der Waals surface area contributed by atoms with E-state index >= 15 is 0 Å². The van der Waals surface area contributed by atoms with E-state index in [1.807, 2.05) is 30.3 Å². The van der Waals surface area contributed by atoms with E-state index in [1.165, 1.54) is 4.57 Å². The van der Waals surface area contributed by atoms with Crippen LogP contribution in [0.3, 0.4) is 0 Å². The van der Waals surface area contributed by atoms with E-state index in [1.54, 1.807) is 55.7 Å². The highest BCUT2D eigenvalue weighted by molar-refractivity contribution is 9.10. The van der Waals surface area contributed by atoms with Crippen molar-refractivity contribution in [2.75, 3.05) is 7.11 Å². The van der Waals surface area contributed by atoms with Gasteiger partial charge in [-0.15, -0.1) is 0 Å². The second-order valence-electron chi connectivity index (χ2n) is 6.34. The predicted molar refractivity (Wildman–Crippen MR) is 119 cm³/mol. The maximum Gasteiger partial charge on any atom is 0.266 e. The number of nitrogens with zero attached hydrogens (tertiary/aromatic N) is 2. The molecular formula is C23H17BrN2O3. The Hall–Kier alpha value is -3.38. The van der Waals surface area contributed by atoms with Gasteiger partial charge >= 0.3 is 0 Å². The van der Waals surface area contributed by atoms with Crippen molar-refractivity contribution in [2.24, 2.45) is 0 Å². The summed E-state index contributed by atoms with van der Waals surface area (Å²) >= 11 is 3.40. The highest BCUT2D eigenvalue weighted by Crippen LogP contribution is 2.26. The molecule has 4 aromatic rings. The van der Waals surface area contributed by atoms with E-state index in [0.29, 0.717) is 33.7 Å². The summed E-state index contributed by atoms with van der Waals surface area (Å²) in [4.78, 5) is 18.0. The fraction of sp³-hybridized carbons (Fsp3) is 0.0435. The van der Waals surface area contributed by atoms with E-state index in [2.05, 4.69) is 20.9 Å². The standard InChI is InChI=1S/C23H17BrN2O3/c1-29-21-9-5-4-8-19(21)26-22(13-10-15-14-16(24)11-12-20(15)27)25-18-7-3-2-6-17(18)23(26)28/h2-14,27H,1H3/b13-10+. The number of para-hydroxylation sites is 3. The molecule has 0 unspecified atom stereocenters. The third kappa shape index (κ3) is 3.67. The van der Waals surface area contributed by atoms with Crippen molar-refractivity contribution in [3.8, 4) is 17.2 Å². The van der Waals surface area contributed by atoms with Crippen molar-refractivity contribution in [3.05, 3.63) is 92.9 Å². The Morgan fingerprint density at radius 3 is 2.62 bits per heavy atom. The van der Waals surface area contributed by atoms with Gasteiger partial charge in [0.05, 0.1) is 23.7 Å². The molecule has 6 heteroatoms. The van der Waals surface area contributed by atoms with Gasteiger partial charge in [-0.05, 0) is 54.6 Å². The van der Waals surface area contributed by atoms with Gasteiger partial charge in [-0.2, -0.15) is 0 Å². The van der Waals surface area contributed by atoms with Gasteiger partial charge in [0.15, 0.2) is 0 Å². The minimum atomic E-state index is -0.196. The molecule has 144 valence electrons. The maximum atomic E-state index is 13.3. The number of rotatable bonds is 4. The molecule has 0 fully saturated rings. The number of ether oxygens (including phenoxy) is 1. The van der Waals surface area contributed by atoms with Crippen LogP contribution in [0.25, 0.3) is 28.7 Å². The van der Waals surface area contributed by atoms with E-state index in [4.69, 9.17) is 4.74 Å². The molecule has 1 heterocycles. The lowest BCUT2D eigenvalue weighted by Gasteiger charge is -2.14. The molecule has 1 N–H and O–H groups in total. The van der Waals surface area contributed by atoms with Crippen LogP contribution in [0.5, 0.6) is 11.5 Å². The number of methoxy groups -OCH3 is 1. The molecule has 0 amide bonds. The number of phenols is 1. The van der Waals surface area contributed by atoms with E-state index in [-0.39, 0.29) is 11.3 Å². The monoisotopic (exact) mass is 448 g/mol. The van der Waals surface area contributed by atoms with Crippen LogP contribution in [0.15, 0.2) is 76.0 Å². The second-order valence-corrected chi connectivity index (χ2v) is 7.25. The molecule has 0 radical (unpaired) electrons. The number of benzene rings is 3. The Labute approximate surface area is 175 Å². The van der Waals surface area contributed by atoms with Gasteiger partial charge in [0, 0.05) is 10.0 Å². The fourth-order valence-electron chi connectivity index (χ4n) is 3.13. The third-order valence-corrected chi connectivity index (χ3v) is 5.02. The molecule has 0 saturated carbocycles. The highest BCUT2D eigenvalue weighted by atomic mass is 79.9. The van der Waals surface area contributed by atoms with Crippen LogP contribution < -0.4 is 10.3 Å². The van der Waals surface area contributed by atoms with Crippen molar-refractivity contribution in [1.82, 2.24) is 9.55 Å². The topological polar surface area (TPSA) is 64.3 Å². The predicted octanol–water partition coefficient (Wildman–Crippen LogP) is 5.03. The van der Waals surface area contributed by atoms with Crippen molar-refractivity contribution in [2.45, 2.75) is 0 Å². The number of phenolic OH excluding ortho intramolecular Hbond substituents is 1.